The maximum absolute atomic E-state index is 11.9. The Balaban J connectivity index is 1.98. The molecule has 2 aromatic rings. The van der Waals surface area contributed by atoms with Crippen LogP contribution in [-0.2, 0) is 16.1 Å². The van der Waals surface area contributed by atoms with Crippen LogP contribution >= 0.6 is 0 Å². The molecule has 0 aromatic heterocycles. The zero-order valence-electron chi connectivity index (χ0n) is 12.0. The molecule has 5 nitrogen and oxygen atoms in total. The Kier molecular flexibility index (Phi) is 4.90. The number of carbonyl (C=O) groups excluding carboxylic acids is 2. The van der Waals surface area contributed by atoms with Gasteiger partial charge in [0.1, 0.15) is 0 Å². The van der Waals surface area contributed by atoms with Crippen LogP contribution in [-0.4, -0.2) is 36.9 Å². The van der Waals surface area contributed by atoms with Crippen molar-refractivity contribution >= 4 is 22.6 Å². The number of hydrogen-bond donors (Lipinski definition) is 2. The maximum Gasteiger partial charge on any atom is 0.242 e. The lowest BCUT2D eigenvalue weighted by atomic mass is 10.1. The van der Waals surface area contributed by atoms with Crippen molar-refractivity contribution < 1.29 is 9.59 Å². The number of rotatable bonds is 5. The molecule has 2 rings (SSSR count). The van der Waals surface area contributed by atoms with Crippen molar-refractivity contribution in [1.29, 1.82) is 0 Å². The fourth-order valence-electron chi connectivity index (χ4n) is 2.08. The molecule has 0 fully saturated rings. The summed E-state index contributed by atoms with van der Waals surface area (Å²) in [4.78, 5) is 24.5. The van der Waals surface area contributed by atoms with Gasteiger partial charge in [0.25, 0.3) is 0 Å². The van der Waals surface area contributed by atoms with E-state index in [1.54, 1.807) is 11.9 Å². The van der Waals surface area contributed by atoms with Gasteiger partial charge in [-0.3, -0.25) is 9.59 Å². The molecule has 0 aliphatic carbocycles. The number of nitrogens with two attached hydrogens (primary N) is 1. The van der Waals surface area contributed by atoms with Gasteiger partial charge in [0, 0.05) is 13.6 Å². The van der Waals surface area contributed by atoms with Gasteiger partial charge in [-0.05, 0) is 22.4 Å². The van der Waals surface area contributed by atoms with Crippen molar-refractivity contribution in [2.24, 2.45) is 5.73 Å². The topological polar surface area (TPSA) is 75.4 Å². The largest absolute Gasteiger partial charge is 0.346 e. The number of nitrogens with zero attached hydrogens (tertiary/aromatic N) is 1. The normalized spacial score (nSPS) is 10.4. The third-order valence-electron chi connectivity index (χ3n) is 3.28. The van der Waals surface area contributed by atoms with Gasteiger partial charge in [0.15, 0.2) is 0 Å². The van der Waals surface area contributed by atoms with Crippen LogP contribution in [0.1, 0.15) is 5.56 Å². The van der Waals surface area contributed by atoms with E-state index in [1.807, 2.05) is 30.3 Å². The summed E-state index contributed by atoms with van der Waals surface area (Å²) in [6, 6.07) is 14.2. The Labute approximate surface area is 123 Å². The van der Waals surface area contributed by atoms with Gasteiger partial charge in [-0.1, -0.05) is 36.4 Å². The van der Waals surface area contributed by atoms with Crippen molar-refractivity contribution in [2.75, 3.05) is 20.1 Å². The molecular formula is C16H19N3O2. The molecule has 2 aromatic carbocycles. The first kappa shape index (κ1) is 15.0. The second-order valence-electron chi connectivity index (χ2n) is 4.91. The van der Waals surface area contributed by atoms with Gasteiger partial charge in [-0.25, -0.2) is 0 Å². The third-order valence-corrected chi connectivity index (χ3v) is 3.28. The fraction of sp³-hybridized carbons (Fsp3) is 0.250. The molecule has 0 unspecified atom stereocenters. The highest BCUT2D eigenvalue weighted by Crippen LogP contribution is 2.16. The molecule has 0 bridgehead atoms. The number of fused-ring (bicyclic) bond motifs is 1. The molecule has 0 saturated carbocycles. The van der Waals surface area contributed by atoms with Crippen molar-refractivity contribution in [1.82, 2.24) is 10.2 Å². The summed E-state index contributed by atoms with van der Waals surface area (Å²) in [5.74, 6) is -0.479. The lowest BCUT2D eigenvalue weighted by Crippen LogP contribution is -2.40. The first-order chi connectivity index (χ1) is 10.1. The predicted octanol–water partition coefficient (Wildman–Crippen LogP) is 0.873. The molecule has 0 spiro atoms. The summed E-state index contributed by atoms with van der Waals surface area (Å²) in [6.07, 6.45) is 0. The van der Waals surface area contributed by atoms with Gasteiger partial charge in [0.2, 0.25) is 11.8 Å². The Morgan fingerprint density at radius 1 is 1.14 bits per heavy atom. The van der Waals surface area contributed by atoms with Crippen LogP contribution in [0, 0.1) is 0 Å². The van der Waals surface area contributed by atoms with Crippen molar-refractivity contribution in [3.05, 3.63) is 48.0 Å². The standard InChI is InChI=1S/C16H19N3O2/c1-19(16(21)10-18-15(20)9-17)11-12-6-7-13-4-2-3-5-14(13)8-12/h2-8H,9-11,17H2,1H3,(H,18,20). The Bertz CT molecular complexity index is 655. The number of carbonyl (C=O) groups is 2. The van der Waals surface area contributed by atoms with Crippen molar-refractivity contribution in [3.63, 3.8) is 0 Å². The first-order valence-corrected chi connectivity index (χ1v) is 6.78. The zero-order chi connectivity index (χ0) is 15.2. The van der Waals surface area contributed by atoms with Crippen LogP contribution in [0.4, 0.5) is 0 Å². The molecule has 3 N–H and O–H groups in total. The predicted molar refractivity (Wildman–Crippen MR) is 82.5 cm³/mol. The minimum atomic E-state index is -0.331. The second-order valence-corrected chi connectivity index (χ2v) is 4.91. The van der Waals surface area contributed by atoms with Gasteiger partial charge >= 0.3 is 0 Å². The molecule has 0 aliphatic rings. The number of hydrogen-bond acceptors (Lipinski definition) is 3. The van der Waals surface area contributed by atoms with E-state index in [1.165, 1.54) is 5.39 Å². The first-order valence-electron chi connectivity index (χ1n) is 6.78. The number of amides is 2. The summed E-state index contributed by atoms with van der Waals surface area (Å²) in [5.41, 5.74) is 6.22. The second kappa shape index (κ2) is 6.85. The quantitative estimate of drug-likeness (QED) is 0.856. The zero-order valence-corrected chi connectivity index (χ0v) is 12.0. The van der Waals surface area contributed by atoms with Gasteiger partial charge in [-0.15, -0.1) is 0 Å². The van der Waals surface area contributed by atoms with Crippen LogP contribution < -0.4 is 11.1 Å². The van der Waals surface area contributed by atoms with Gasteiger partial charge in [-0.2, -0.15) is 0 Å². The molecule has 0 aliphatic heterocycles. The summed E-state index contributed by atoms with van der Waals surface area (Å²) >= 11 is 0. The highest BCUT2D eigenvalue weighted by atomic mass is 16.2. The van der Waals surface area contributed by atoms with E-state index in [9.17, 15) is 9.59 Å². The van der Waals surface area contributed by atoms with E-state index in [-0.39, 0.29) is 24.9 Å². The molecule has 110 valence electrons. The lowest BCUT2D eigenvalue weighted by molar-refractivity contribution is -0.131. The highest BCUT2D eigenvalue weighted by Gasteiger charge is 2.10. The van der Waals surface area contributed by atoms with E-state index < -0.39 is 0 Å². The molecule has 5 heteroatoms. The third kappa shape index (κ3) is 4.03. The Morgan fingerprint density at radius 3 is 2.57 bits per heavy atom. The number of nitrogens with one attached hydrogen (secondary N) is 1. The maximum atomic E-state index is 11.9. The van der Waals surface area contributed by atoms with E-state index in [0.29, 0.717) is 6.54 Å². The number of benzene rings is 2. The van der Waals surface area contributed by atoms with E-state index in [4.69, 9.17) is 5.73 Å². The monoisotopic (exact) mass is 285 g/mol. The molecule has 0 radical (unpaired) electrons. The molecule has 0 saturated heterocycles. The molecule has 21 heavy (non-hydrogen) atoms. The van der Waals surface area contributed by atoms with Crippen LogP contribution in [0.25, 0.3) is 10.8 Å². The van der Waals surface area contributed by atoms with Gasteiger partial charge in [0.05, 0.1) is 13.1 Å². The smallest absolute Gasteiger partial charge is 0.242 e. The van der Waals surface area contributed by atoms with Crippen LogP contribution in [0.5, 0.6) is 0 Å². The van der Waals surface area contributed by atoms with E-state index in [2.05, 4.69) is 17.4 Å². The van der Waals surface area contributed by atoms with Crippen molar-refractivity contribution in [2.45, 2.75) is 6.54 Å². The SMILES string of the molecule is CN(Cc1ccc2ccccc2c1)C(=O)CNC(=O)CN. The van der Waals surface area contributed by atoms with Crippen LogP contribution in [0.15, 0.2) is 42.5 Å². The lowest BCUT2D eigenvalue weighted by Gasteiger charge is -2.18. The molecule has 0 heterocycles. The summed E-state index contributed by atoms with van der Waals surface area (Å²) in [6.45, 7) is 0.365. The average Bonchev–Trinajstić information content (AvgIpc) is 2.51. The van der Waals surface area contributed by atoms with Crippen LogP contribution in [0.3, 0.4) is 0 Å². The fourth-order valence-corrected chi connectivity index (χ4v) is 2.08. The Hall–Kier alpha value is -2.40. The van der Waals surface area contributed by atoms with Crippen LogP contribution in [0.2, 0.25) is 0 Å². The summed E-state index contributed by atoms with van der Waals surface area (Å²) in [5, 5.41) is 4.79. The molecule has 2 amide bonds. The minimum Gasteiger partial charge on any atom is -0.346 e. The molecule has 0 atom stereocenters. The minimum absolute atomic E-state index is 0.0277. The highest BCUT2D eigenvalue weighted by molar-refractivity contribution is 5.86. The summed E-state index contributed by atoms with van der Waals surface area (Å²) < 4.78 is 0. The van der Waals surface area contributed by atoms with Gasteiger partial charge < -0.3 is 16.0 Å². The summed E-state index contributed by atoms with van der Waals surface area (Å²) in [7, 11) is 1.71. The van der Waals surface area contributed by atoms with Crippen molar-refractivity contribution in [3.8, 4) is 0 Å². The van der Waals surface area contributed by atoms with E-state index >= 15 is 0 Å². The molecular weight excluding hydrogens is 266 g/mol. The average molecular weight is 285 g/mol. The Morgan fingerprint density at radius 2 is 1.86 bits per heavy atom. The van der Waals surface area contributed by atoms with E-state index in [0.717, 1.165) is 10.9 Å². The number of likely N-dealkylation sites (N-methyl/N-ethyl adjacent to an activating group) is 1.